The Balaban J connectivity index is 4.34. The third-order valence-electron chi connectivity index (χ3n) is 1.64. The van der Waals surface area contributed by atoms with E-state index in [4.69, 9.17) is 4.74 Å². The molecule has 96 valence electrons. The third kappa shape index (κ3) is 7.44. The van der Waals surface area contributed by atoms with Gasteiger partial charge in [-0.1, -0.05) is 0 Å². The van der Waals surface area contributed by atoms with Crippen molar-refractivity contribution in [2.75, 3.05) is 18.8 Å². The second-order valence-corrected chi connectivity index (χ2v) is 5.79. The van der Waals surface area contributed by atoms with Crippen molar-refractivity contribution in [3.05, 3.63) is 0 Å². The fraction of sp³-hybridized carbons (Fsp3) is 0.889. The molecular weight excluding hydrogens is 237 g/mol. The molecule has 0 saturated heterocycles. The molecule has 5 nitrogen and oxygen atoms in total. The highest BCUT2D eigenvalue weighted by Gasteiger charge is 2.22. The molecule has 0 fully saturated rings. The van der Waals surface area contributed by atoms with Gasteiger partial charge in [0, 0.05) is 13.1 Å². The summed E-state index contributed by atoms with van der Waals surface area (Å²) in [7, 11) is -4.56. The van der Waals surface area contributed by atoms with Crippen LogP contribution in [0.15, 0.2) is 0 Å². The van der Waals surface area contributed by atoms with Gasteiger partial charge in [-0.25, -0.2) is 4.79 Å². The van der Waals surface area contributed by atoms with Crippen molar-refractivity contribution < 1.29 is 21.8 Å². The van der Waals surface area contributed by atoms with E-state index in [2.05, 4.69) is 0 Å². The van der Waals surface area contributed by atoms with Gasteiger partial charge in [0.05, 0.1) is 5.75 Å². The average molecular weight is 255 g/mol. The Morgan fingerprint density at radius 3 is 2.19 bits per heavy atom. The van der Waals surface area contributed by atoms with Crippen molar-refractivity contribution in [1.82, 2.24) is 4.90 Å². The quantitative estimate of drug-likeness (QED) is 0.715. The van der Waals surface area contributed by atoms with Crippen molar-refractivity contribution in [2.45, 2.75) is 33.3 Å². The molecule has 0 aliphatic rings. The monoisotopic (exact) mass is 255 g/mol. The molecule has 0 rings (SSSR count). The standard InChI is InChI=1S/C9H18FNO4S/c1-5-11(6-7-16(10,13)14)8(12)15-9(2,3)4/h5-7H2,1-4H3. The van der Waals surface area contributed by atoms with Crippen LogP contribution in [0, 0.1) is 0 Å². The molecule has 0 atom stereocenters. The second-order valence-electron chi connectivity index (χ2n) is 4.30. The van der Waals surface area contributed by atoms with Gasteiger partial charge in [-0.3, -0.25) is 0 Å². The Bertz CT molecular complexity index is 334. The molecule has 0 aromatic heterocycles. The van der Waals surface area contributed by atoms with Crippen LogP contribution < -0.4 is 0 Å². The van der Waals surface area contributed by atoms with Crippen LogP contribution in [-0.2, 0) is 15.0 Å². The van der Waals surface area contributed by atoms with Crippen LogP contribution in [0.5, 0.6) is 0 Å². The number of hydrogen-bond donors (Lipinski definition) is 0. The van der Waals surface area contributed by atoms with Gasteiger partial charge in [-0.15, -0.1) is 3.89 Å². The summed E-state index contributed by atoms with van der Waals surface area (Å²) in [6.07, 6.45) is -0.640. The van der Waals surface area contributed by atoms with Crippen LogP contribution in [0.25, 0.3) is 0 Å². The Morgan fingerprint density at radius 1 is 1.38 bits per heavy atom. The van der Waals surface area contributed by atoms with E-state index in [1.165, 1.54) is 0 Å². The Kier molecular flexibility index (Phi) is 5.18. The largest absolute Gasteiger partial charge is 0.444 e. The van der Waals surface area contributed by atoms with Gasteiger partial charge in [-0.05, 0) is 27.7 Å². The molecule has 0 aromatic rings. The van der Waals surface area contributed by atoms with Gasteiger partial charge < -0.3 is 9.64 Å². The summed E-state index contributed by atoms with van der Waals surface area (Å²) in [5.74, 6) is -0.708. The van der Waals surface area contributed by atoms with Crippen molar-refractivity contribution in [2.24, 2.45) is 0 Å². The Morgan fingerprint density at radius 2 is 1.88 bits per heavy atom. The van der Waals surface area contributed by atoms with Crippen molar-refractivity contribution >= 4 is 16.3 Å². The highest BCUT2D eigenvalue weighted by molar-refractivity contribution is 7.86. The molecule has 0 aromatic carbocycles. The lowest BCUT2D eigenvalue weighted by molar-refractivity contribution is 0.0271. The van der Waals surface area contributed by atoms with E-state index in [0.29, 0.717) is 0 Å². The van der Waals surface area contributed by atoms with E-state index in [1.54, 1.807) is 27.7 Å². The van der Waals surface area contributed by atoms with Crippen LogP contribution in [0.2, 0.25) is 0 Å². The molecule has 0 aliphatic heterocycles. The first-order valence-electron chi connectivity index (χ1n) is 4.95. The lowest BCUT2D eigenvalue weighted by atomic mass is 10.2. The zero-order valence-corrected chi connectivity index (χ0v) is 10.8. The number of rotatable bonds is 4. The van der Waals surface area contributed by atoms with Crippen LogP contribution in [-0.4, -0.2) is 43.9 Å². The number of halogens is 1. The van der Waals surface area contributed by atoms with Gasteiger partial charge in [0.1, 0.15) is 5.60 Å². The van der Waals surface area contributed by atoms with E-state index in [1.807, 2.05) is 0 Å². The summed E-state index contributed by atoms with van der Waals surface area (Å²) < 4.78 is 37.9. The van der Waals surface area contributed by atoms with Gasteiger partial charge in [0.15, 0.2) is 0 Å². The number of hydrogen-bond acceptors (Lipinski definition) is 4. The minimum absolute atomic E-state index is 0.204. The molecule has 16 heavy (non-hydrogen) atoms. The van der Waals surface area contributed by atoms with E-state index in [0.717, 1.165) is 4.90 Å². The molecular formula is C9H18FNO4S. The number of ether oxygens (including phenoxy) is 1. The maximum atomic E-state index is 12.3. The molecule has 0 spiro atoms. The maximum Gasteiger partial charge on any atom is 0.410 e. The number of amides is 1. The summed E-state index contributed by atoms with van der Waals surface area (Å²) in [5.41, 5.74) is -0.654. The molecule has 0 heterocycles. The van der Waals surface area contributed by atoms with E-state index >= 15 is 0 Å². The van der Waals surface area contributed by atoms with Crippen molar-refractivity contribution in [3.8, 4) is 0 Å². The summed E-state index contributed by atoms with van der Waals surface area (Å²) in [6, 6.07) is 0. The molecule has 0 radical (unpaired) electrons. The fourth-order valence-corrected chi connectivity index (χ4v) is 1.36. The summed E-state index contributed by atoms with van der Waals surface area (Å²) in [4.78, 5) is 12.6. The minimum Gasteiger partial charge on any atom is -0.444 e. The first-order chi connectivity index (χ1) is 7.05. The van der Waals surface area contributed by atoms with E-state index in [-0.39, 0.29) is 13.1 Å². The van der Waals surface area contributed by atoms with Crippen molar-refractivity contribution in [1.29, 1.82) is 0 Å². The molecule has 0 N–H and O–H groups in total. The van der Waals surface area contributed by atoms with Crippen LogP contribution in [0.3, 0.4) is 0 Å². The lowest BCUT2D eigenvalue weighted by Gasteiger charge is -2.26. The summed E-state index contributed by atoms with van der Waals surface area (Å²) >= 11 is 0. The first-order valence-corrected chi connectivity index (χ1v) is 6.50. The second kappa shape index (κ2) is 5.47. The van der Waals surface area contributed by atoms with Gasteiger partial charge >= 0.3 is 16.3 Å². The zero-order valence-electron chi connectivity index (χ0n) is 9.99. The third-order valence-corrected chi connectivity index (χ3v) is 2.31. The molecule has 7 heteroatoms. The smallest absolute Gasteiger partial charge is 0.410 e. The average Bonchev–Trinajstić information content (AvgIpc) is 1.99. The van der Waals surface area contributed by atoms with Crippen LogP contribution in [0.4, 0.5) is 8.68 Å². The topological polar surface area (TPSA) is 63.7 Å². The fourth-order valence-electron chi connectivity index (χ4n) is 0.924. The predicted molar refractivity (Wildman–Crippen MR) is 58.4 cm³/mol. The number of nitrogens with zero attached hydrogens (tertiary/aromatic N) is 1. The van der Waals surface area contributed by atoms with E-state index < -0.39 is 27.7 Å². The first kappa shape index (κ1) is 15.2. The van der Waals surface area contributed by atoms with Gasteiger partial charge in [-0.2, -0.15) is 8.42 Å². The summed E-state index contributed by atoms with van der Waals surface area (Å²) in [5, 5.41) is 0. The SMILES string of the molecule is CCN(CCS(=O)(=O)F)C(=O)OC(C)(C)C. The maximum absolute atomic E-state index is 12.3. The highest BCUT2D eigenvalue weighted by atomic mass is 32.3. The number of carbonyl (C=O) groups excluding carboxylic acids is 1. The van der Waals surface area contributed by atoms with E-state index in [9.17, 15) is 17.1 Å². The Labute approximate surface area is 95.8 Å². The zero-order chi connectivity index (χ0) is 13.0. The predicted octanol–water partition coefficient (Wildman–Crippen LogP) is 1.54. The lowest BCUT2D eigenvalue weighted by Crippen LogP contribution is -2.38. The van der Waals surface area contributed by atoms with Crippen LogP contribution >= 0.6 is 0 Å². The highest BCUT2D eigenvalue weighted by Crippen LogP contribution is 2.10. The van der Waals surface area contributed by atoms with Crippen LogP contribution in [0.1, 0.15) is 27.7 Å². The molecule has 0 bridgehead atoms. The molecule has 1 amide bonds. The van der Waals surface area contributed by atoms with Crippen molar-refractivity contribution in [3.63, 3.8) is 0 Å². The summed E-state index contributed by atoms with van der Waals surface area (Å²) in [6.45, 7) is 6.82. The minimum atomic E-state index is -4.56. The molecule has 0 saturated carbocycles. The Hall–Kier alpha value is -0.850. The normalized spacial score (nSPS) is 12.3. The molecule has 0 unspecified atom stereocenters. The molecule has 0 aliphatic carbocycles. The van der Waals surface area contributed by atoms with Gasteiger partial charge in [0.25, 0.3) is 0 Å². The number of carbonyl (C=O) groups is 1. The van der Waals surface area contributed by atoms with Gasteiger partial charge in [0.2, 0.25) is 0 Å².